The van der Waals surface area contributed by atoms with E-state index in [-0.39, 0.29) is 12.2 Å². The van der Waals surface area contributed by atoms with Gasteiger partial charge in [0.2, 0.25) is 0 Å². The Morgan fingerprint density at radius 1 is 1.31 bits per heavy atom. The van der Waals surface area contributed by atoms with Gasteiger partial charge in [-0.1, -0.05) is 0 Å². The Labute approximate surface area is 96.3 Å². The van der Waals surface area contributed by atoms with Gasteiger partial charge >= 0.3 is 5.97 Å². The number of hydrogen-bond donors (Lipinski definition) is 1. The van der Waals surface area contributed by atoms with Crippen molar-refractivity contribution in [1.29, 1.82) is 0 Å². The smallest absolute Gasteiger partial charge is 0.320 e. The zero-order valence-electron chi connectivity index (χ0n) is 10.2. The summed E-state index contributed by atoms with van der Waals surface area (Å²) in [5, 5.41) is 8.95. The summed E-state index contributed by atoms with van der Waals surface area (Å²) >= 11 is 0. The second-order valence-corrected chi connectivity index (χ2v) is 3.96. The first-order valence-corrected chi connectivity index (χ1v) is 5.80. The molecule has 5 heteroatoms. The molecule has 0 amide bonds. The summed E-state index contributed by atoms with van der Waals surface area (Å²) in [5.41, 5.74) is 0. The van der Waals surface area contributed by atoms with Gasteiger partial charge < -0.3 is 14.6 Å². The molecule has 1 aliphatic heterocycles. The van der Waals surface area contributed by atoms with E-state index in [1.54, 1.807) is 6.92 Å². The van der Waals surface area contributed by atoms with E-state index < -0.39 is 12.0 Å². The lowest BCUT2D eigenvalue weighted by molar-refractivity contribution is -0.142. The minimum atomic E-state index is -0.799. The fraction of sp³-hybridized carbons (Fsp3) is 0.909. The molecular formula is C11H21NO4. The lowest BCUT2D eigenvalue weighted by atomic mass is 10.2. The SMILES string of the molecule is CCO[C@@H]1CN([C@H](C)C(=O)O)C[C@H]1OCC. The lowest BCUT2D eigenvalue weighted by Gasteiger charge is -2.19. The molecule has 0 saturated carbocycles. The molecule has 16 heavy (non-hydrogen) atoms. The van der Waals surface area contributed by atoms with Gasteiger partial charge in [-0.2, -0.15) is 0 Å². The van der Waals surface area contributed by atoms with Gasteiger partial charge in [0.15, 0.2) is 0 Å². The highest BCUT2D eigenvalue weighted by Crippen LogP contribution is 2.19. The van der Waals surface area contributed by atoms with Crippen LogP contribution in [0, 0.1) is 0 Å². The third-order valence-corrected chi connectivity index (χ3v) is 2.91. The maximum Gasteiger partial charge on any atom is 0.320 e. The molecule has 0 aromatic heterocycles. The molecular weight excluding hydrogens is 210 g/mol. The van der Waals surface area contributed by atoms with Gasteiger partial charge in [0.25, 0.3) is 0 Å². The van der Waals surface area contributed by atoms with Crippen LogP contribution in [0.5, 0.6) is 0 Å². The largest absolute Gasteiger partial charge is 0.480 e. The maximum absolute atomic E-state index is 10.9. The number of carbonyl (C=O) groups is 1. The molecule has 0 aliphatic carbocycles. The number of ether oxygens (including phenoxy) is 2. The van der Waals surface area contributed by atoms with E-state index >= 15 is 0 Å². The molecule has 1 fully saturated rings. The number of hydrogen-bond acceptors (Lipinski definition) is 4. The minimum absolute atomic E-state index is 0.00764. The molecule has 1 heterocycles. The third-order valence-electron chi connectivity index (χ3n) is 2.91. The minimum Gasteiger partial charge on any atom is -0.480 e. The van der Waals surface area contributed by atoms with Crippen LogP contribution in [0.1, 0.15) is 20.8 Å². The van der Waals surface area contributed by atoms with Crippen molar-refractivity contribution >= 4 is 5.97 Å². The summed E-state index contributed by atoms with van der Waals surface area (Å²) in [7, 11) is 0. The molecule has 3 atom stereocenters. The first-order valence-electron chi connectivity index (χ1n) is 5.80. The van der Waals surface area contributed by atoms with Crippen LogP contribution >= 0.6 is 0 Å². The molecule has 0 radical (unpaired) electrons. The van der Waals surface area contributed by atoms with Crippen molar-refractivity contribution in [1.82, 2.24) is 4.90 Å². The topological polar surface area (TPSA) is 59.0 Å². The zero-order chi connectivity index (χ0) is 12.1. The van der Waals surface area contributed by atoms with Gasteiger partial charge in [0, 0.05) is 26.3 Å². The summed E-state index contributed by atoms with van der Waals surface area (Å²) in [6, 6.07) is -0.478. The zero-order valence-corrected chi connectivity index (χ0v) is 10.2. The van der Waals surface area contributed by atoms with E-state index in [9.17, 15) is 4.79 Å². The molecule has 0 aromatic carbocycles. The van der Waals surface area contributed by atoms with Crippen LogP contribution in [0.2, 0.25) is 0 Å². The van der Waals surface area contributed by atoms with Gasteiger partial charge in [-0.25, -0.2) is 0 Å². The van der Waals surface area contributed by atoms with Crippen LogP contribution in [0.3, 0.4) is 0 Å². The number of nitrogens with zero attached hydrogens (tertiary/aromatic N) is 1. The van der Waals surface area contributed by atoms with E-state index in [4.69, 9.17) is 14.6 Å². The van der Waals surface area contributed by atoms with E-state index in [0.29, 0.717) is 26.3 Å². The average molecular weight is 231 g/mol. The Kier molecular flexibility index (Phi) is 5.18. The van der Waals surface area contributed by atoms with Crippen molar-refractivity contribution in [3.05, 3.63) is 0 Å². The van der Waals surface area contributed by atoms with Gasteiger partial charge in [-0.15, -0.1) is 0 Å². The number of aliphatic carboxylic acids is 1. The Hall–Kier alpha value is -0.650. The standard InChI is InChI=1S/C11H21NO4/c1-4-15-9-6-12(8(3)11(13)14)7-10(9)16-5-2/h8-10H,4-7H2,1-3H3,(H,13,14)/t8-,9-,10-/m1/s1. The van der Waals surface area contributed by atoms with Crippen LogP contribution in [-0.2, 0) is 14.3 Å². The predicted octanol–water partition coefficient (Wildman–Crippen LogP) is 0.585. The normalized spacial score (nSPS) is 28.2. The fourth-order valence-corrected chi connectivity index (χ4v) is 1.99. The van der Waals surface area contributed by atoms with Crippen LogP contribution in [0.25, 0.3) is 0 Å². The number of likely N-dealkylation sites (tertiary alicyclic amines) is 1. The monoisotopic (exact) mass is 231 g/mol. The van der Waals surface area contributed by atoms with Crippen LogP contribution in [0.15, 0.2) is 0 Å². The molecule has 1 rings (SSSR count). The van der Waals surface area contributed by atoms with E-state index in [2.05, 4.69) is 0 Å². The summed E-state index contributed by atoms with van der Waals surface area (Å²) in [6.45, 7) is 8.09. The van der Waals surface area contributed by atoms with E-state index in [0.717, 1.165) is 0 Å². The van der Waals surface area contributed by atoms with E-state index in [1.165, 1.54) is 0 Å². The van der Waals surface area contributed by atoms with Crippen molar-refractivity contribution in [2.24, 2.45) is 0 Å². The van der Waals surface area contributed by atoms with Crippen LogP contribution in [-0.4, -0.2) is 60.5 Å². The molecule has 0 spiro atoms. The van der Waals surface area contributed by atoms with Gasteiger partial charge in [-0.3, -0.25) is 9.69 Å². The fourth-order valence-electron chi connectivity index (χ4n) is 1.99. The predicted molar refractivity (Wildman–Crippen MR) is 59.5 cm³/mol. The first kappa shape index (κ1) is 13.4. The Morgan fingerprint density at radius 3 is 2.06 bits per heavy atom. The quantitative estimate of drug-likeness (QED) is 0.725. The Bertz CT molecular complexity index is 220. The summed E-state index contributed by atoms with van der Waals surface area (Å²) < 4.78 is 11.1. The molecule has 94 valence electrons. The van der Waals surface area contributed by atoms with Gasteiger partial charge in [-0.05, 0) is 20.8 Å². The second kappa shape index (κ2) is 6.18. The summed E-state index contributed by atoms with van der Waals surface area (Å²) in [4.78, 5) is 12.8. The molecule has 0 aromatic rings. The third kappa shape index (κ3) is 3.17. The van der Waals surface area contributed by atoms with Gasteiger partial charge in [0.1, 0.15) is 6.04 Å². The number of carboxylic acid groups (broad SMARTS) is 1. The Balaban J connectivity index is 2.56. The van der Waals surface area contributed by atoms with Crippen molar-refractivity contribution in [2.75, 3.05) is 26.3 Å². The maximum atomic E-state index is 10.9. The van der Waals surface area contributed by atoms with Crippen molar-refractivity contribution in [2.45, 2.75) is 39.0 Å². The second-order valence-electron chi connectivity index (χ2n) is 3.96. The van der Waals surface area contributed by atoms with Crippen molar-refractivity contribution in [3.8, 4) is 0 Å². The van der Waals surface area contributed by atoms with Crippen molar-refractivity contribution in [3.63, 3.8) is 0 Å². The first-order chi connectivity index (χ1) is 7.60. The molecule has 1 N–H and O–H groups in total. The highest BCUT2D eigenvalue weighted by Gasteiger charge is 2.37. The molecule has 5 nitrogen and oxygen atoms in total. The summed E-state index contributed by atoms with van der Waals surface area (Å²) in [6.07, 6.45) is -0.0153. The molecule has 1 aliphatic rings. The number of carboxylic acids is 1. The van der Waals surface area contributed by atoms with Gasteiger partial charge in [0.05, 0.1) is 12.2 Å². The van der Waals surface area contributed by atoms with Crippen LogP contribution < -0.4 is 0 Å². The highest BCUT2D eigenvalue weighted by molar-refractivity contribution is 5.72. The molecule has 0 unspecified atom stereocenters. The average Bonchev–Trinajstić information content (AvgIpc) is 2.62. The van der Waals surface area contributed by atoms with Crippen LogP contribution in [0.4, 0.5) is 0 Å². The number of rotatable bonds is 6. The molecule has 1 saturated heterocycles. The molecule has 0 bridgehead atoms. The lowest BCUT2D eigenvalue weighted by Crippen LogP contribution is -2.38. The van der Waals surface area contributed by atoms with Crippen molar-refractivity contribution < 1.29 is 19.4 Å². The highest BCUT2D eigenvalue weighted by atomic mass is 16.5. The Morgan fingerprint density at radius 2 is 1.75 bits per heavy atom. The summed E-state index contributed by atoms with van der Waals surface area (Å²) in [5.74, 6) is -0.799. The van der Waals surface area contributed by atoms with E-state index in [1.807, 2.05) is 18.7 Å².